The molecule has 1 saturated heterocycles. The molecule has 2 aliphatic rings. The molecule has 1 heterocycles. The van der Waals surface area contributed by atoms with Gasteiger partial charge in [0.2, 0.25) is 0 Å². The van der Waals surface area contributed by atoms with Crippen LogP contribution in [0.3, 0.4) is 0 Å². The molecule has 2 nitrogen and oxygen atoms in total. The van der Waals surface area contributed by atoms with Gasteiger partial charge < -0.3 is 10.1 Å². The second-order valence-corrected chi connectivity index (χ2v) is 5.90. The van der Waals surface area contributed by atoms with E-state index in [1.807, 2.05) is 0 Å². The Hall–Kier alpha value is -0.340. The third kappa shape index (κ3) is 3.32. The van der Waals surface area contributed by atoms with Crippen LogP contribution in [-0.2, 0) is 4.74 Å². The highest BCUT2D eigenvalue weighted by atomic mass is 16.5. The SMILES string of the molecule is CC(C)NCC1(C2=CCCCC2)CCOCC1. The molecule has 0 radical (unpaired) electrons. The number of hydrogen-bond acceptors (Lipinski definition) is 2. The summed E-state index contributed by atoms with van der Waals surface area (Å²) in [5.41, 5.74) is 2.13. The molecule has 0 aromatic rings. The predicted molar refractivity (Wildman–Crippen MR) is 72.2 cm³/mol. The lowest BCUT2D eigenvalue weighted by Gasteiger charge is -2.41. The summed E-state index contributed by atoms with van der Waals surface area (Å²) in [5, 5.41) is 3.66. The van der Waals surface area contributed by atoms with E-state index in [1.54, 1.807) is 5.57 Å². The zero-order chi connectivity index (χ0) is 12.1. The lowest BCUT2D eigenvalue weighted by atomic mass is 9.70. The highest BCUT2D eigenvalue weighted by Crippen LogP contribution is 2.41. The minimum absolute atomic E-state index is 0.406. The van der Waals surface area contributed by atoms with E-state index in [1.165, 1.54) is 38.5 Å². The highest BCUT2D eigenvalue weighted by Gasteiger charge is 2.36. The second-order valence-electron chi connectivity index (χ2n) is 5.90. The van der Waals surface area contributed by atoms with E-state index >= 15 is 0 Å². The normalized spacial score (nSPS) is 24.8. The number of nitrogens with one attached hydrogen (secondary N) is 1. The fourth-order valence-corrected chi connectivity index (χ4v) is 3.09. The van der Waals surface area contributed by atoms with E-state index in [0.717, 1.165) is 19.8 Å². The molecule has 1 aliphatic heterocycles. The van der Waals surface area contributed by atoms with Crippen molar-refractivity contribution in [3.63, 3.8) is 0 Å². The monoisotopic (exact) mass is 237 g/mol. The van der Waals surface area contributed by atoms with Crippen LogP contribution in [0.1, 0.15) is 52.4 Å². The van der Waals surface area contributed by atoms with Gasteiger partial charge in [-0.15, -0.1) is 0 Å². The molecule has 0 saturated carbocycles. The van der Waals surface area contributed by atoms with E-state index in [4.69, 9.17) is 4.74 Å². The van der Waals surface area contributed by atoms with Crippen LogP contribution < -0.4 is 5.32 Å². The van der Waals surface area contributed by atoms with Gasteiger partial charge in [-0.1, -0.05) is 25.5 Å². The second kappa shape index (κ2) is 6.01. The number of ether oxygens (including phenoxy) is 1. The first kappa shape index (κ1) is 13.1. The summed E-state index contributed by atoms with van der Waals surface area (Å²) in [4.78, 5) is 0. The van der Waals surface area contributed by atoms with Crippen LogP contribution in [0, 0.1) is 5.41 Å². The van der Waals surface area contributed by atoms with Crippen LogP contribution in [0.15, 0.2) is 11.6 Å². The van der Waals surface area contributed by atoms with Crippen molar-refractivity contribution in [2.45, 2.75) is 58.4 Å². The molecule has 0 amide bonds. The van der Waals surface area contributed by atoms with Gasteiger partial charge in [0.25, 0.3) is 0 Å². The van der Waals surface area contributed by atoms with Crippen LogP contribution >= 0.6 is 0 Å². The van der Waals surface area contributed by atoms with Gasteiger partial charge in [-0.25, -0.2) is 0 Å². The Bertz CT molecular complexity index is 264. The summed E-state index contributed by atoms with van der Waals surface area (Å²) in [6, 6.07) is 0.582. The third-order valence-corrected chi connectivity index (χ3v) is 4.27. The first-order chi connectivity index (χ1) is 8.23. The van der Waals surface area contributed by atoms with Crippen molar-refractivity contribution < 1.29 is 4.74 Å². The third-order valence-electron chi connectivity index (χ3n) is 4.27. The van der Waals surface area contributed by atoms with Crippen molar-refractivity contribution in [3.8, 4) is 0 Å². The molecule has 1 N–H and O–H groups in total. The molecule has 0 aromatic carbocycles. The van der Waals surface area contributed by atoms with Gasteiger partial charge in [-0.2, -0.15) is 0 Å². The smallest absolute Gasteiger partial charge is 0.0474 e. The summed E-state index contributed by atoms with van der Waals surface area (Å²) in [6.45, 7) is 7.50. The molecule has 1 aliphatic carbocycles. The Balaban J connectivity index is 2.07. The van der Waals surface area contributed by atoms with Crippen molar-refractivity contribution in [3.05, 3.63) is 11.6 Å². The van der Waals surface area contributed by atoms with E-state index in [-0.39, 0.29) is 0 Å². The van der Waals surface area contributed by atoms with Crippen molar-refractivity contribution in [2.24, 2.45) is 5.41 Å². The van der Waals surface area contributed by atoms with E-state index in [9.17, 15) is 0 Å². The first-order valence-corrected chi connectivity index (χ1v) is 7.24. The summed E-state index contributed by atoms with van der Waals surface area (Å²) < 4.78 is 5.57. The largest absolute Gasteiger partial charge is 0.381 e. The number of allylic oxidation sites excluding steroid dienone is 1. The maximum Gasteiger partial charge on any atom is 0.0474 e. The fourth-order valence-electron chi connectivity index (χ4n) is 3.09. The maximum atomic E-state index is 5.57. The van der Waals surface area contributed by atoms with Crippen LogP contribution in [-0.4, -0.2) is 25.8 Å². The van der Waals surface area contributed by atoms with E-state index in [0.29, 0.717) is 11.5 Å². The van der Waals surface area contributed by atoms with Crippen molar-refractivity contribution in [2.75, 3.05) is 19.8 Å². The van der Waals surface area contributed by atoms with Gasteiger partial charge in [0, 0.05) is 31.2 Å². The molecule has 17 heavy (non-hydrogen) atoms. The molecular weight excluding hydrogens is 210 g/mol. The predicted octanol–water partition coefficient (Wildman–Crippen LogP) is 3.28. The summed E-state index contributed by atoms with van der Waals surface area (Å²) in [6.07, 6.45) is 10.3. The van der Waals surface area contributed by atoms with Crippen LogP contribution in [0.25, 0.3) is 0 Å². The molecule has 0 spiro atoms. The van der Waals surface area contributed by atoms with Gasteiger partial charge in [-0.3, -0.25) is 0 Å². The molecule has 0 bridgehead atoms. The van der Waals surface area contributed by atoms with Crippen molar-refractivity contribution in [1.82, 2.24) is 5.32 Å². The lowest BCUT2D eigenvalue weighted by molar-refractivity contribution is 0.0293. The summed E-state index contributed by atoms with van der Waals surface area (Å²) in [5.74, 6) is 0. The van der Waals surface area contributed by atoms with Gasteiger partial charge in [0.1, 0.15) is 0 Å². The highest BCUT2D eigenvalue weighted by molar-refractivity contribution is 5.18. The van der Waals surface area contributed by atoms with Crippen LogP contribution in [0.2, 0.25) is 0 Å². The molecule has 0 atom stereocenters. The van der Waals surface area contributed by atoms with Gasteiger partial charge in [-0.05, 0) is 38.5 Å². The van der Waals surface area contributed by atoms with Crippen molar-refractivity contribution >= 4 is 0 Å². The fraction of sp³-hybridized carbons (Fsp3) is 0.867. The van der Waals surface area contributed by atoms with Crippen molar-refractivity contribution in [1.29, 1.82) is 0 Å². The minimum atomic E-state index is 0.406. The Kier molecular flexibility index (Phi) is 4.63. The minimum Gasteiger partial charge on any atom is -0.381 e. The maximum absolute atomic E-state index is 5.57. The zero-order valence-electron chi connectivity index (χ0n) is 11.4. The standard InChI is InChI=1S/C15H27NO/c1-13(2)16-12-15(8-10-17-11-9-15)14-6-4-3-5-7-14/h6,13,16H,3-5,7-12H2,1-2H3. The topological polar surface area (TPSA) is 21.3 Å². The molecule has 0 aromatic heterocycles. The zero-order valence-corrected chi connectivity index (χ0v) is 11.4. The van der Waals surface area contributed by atoms with Crippen LogP contribution in [0.4, 0.5) is 0 Å². The van der Waals surface area contributed by atoms with Gasteiger partial charge >= 0.3 is 0 Å². The van der Waals surface area contributed by atoms with E-state index < -0.39 is 0 Å². The van der Waals surface area contributed by atoms with Crippen LogP contribution in [0.5, 0.6) is 0 Å². The molecular formula is C15H27NO. The van der Waals surface area contributed by atoms with E-state index in [2.05, 4.69) is 25.2 Å². The molecule has 2 heteroatoms. The average Bonchev–Trinajstić information content (AvgIpc) is 2.39. The van der Waals surface area contributed by atoms with Gasteiger partial charge in [0.05, 0.1) is 0 Å². The molecule has 1 fully saturated rings. The molecule has 0 unspecified atom stereocenters. The quantitative estimate of drug-likeness (QED) is 0.758. The Labute approximate surface area is 106 Å². The molecule has 98 valence electrons. The first-order valence-electron chi connectivity index (χ1n) is 7.24. The average molecular weight is 237 g/mol. The molecule has 2 rings (SSSR count). The number of rotatable bonds is 4. The summed E-state index contributed by atoms with van der Waals surface area (Å²) in [7, 11) is 0. The van der Waals surface area contributed by atoms with Gasteiger partial charge in [0.15, 0.2) is 0 Å². The lowest BCUT2D eigenvalue weighted by Crippen LogP contribution is -2.43. The number of hydrogen-bond donors (Lipinski definition) is 1. The summed E-state index contributed by atoms with van der Waals surface area (Å²) >= 11 is 0. The Morgan fingerprint density at radius 1 is 1.29 bits per heavy atom. The Morgan fingerprint density at radius 3 is 2.65 bits per heavy atom. The Morgan fingerprint density at radius 2 is 2.06 bits per heavy atom.